The van der Waals surface area contributed by atoms with Crippen LogP contribution in [0.25, 0.3) is 0 Å². The van der Waals surface area contributed by atoms with E-state index >= 15 is 0 Å². The van der Waals surface area contributed by atoms with Crippen molar-refractivity contribution in [2.45, 2.75) is 30.7 Å². The summed E-state index contributed by atoms with van der Waals surface area (Å²) in [6.45, 7) is 0. The molecule has 2 atom stereocenters. The lowest BCUT2D eigenvalue weighted by Gasteiger charge is -2.50. The minimum atomic E-state index is -1.20. The number of fused-ring (bicyclic) bond motifs is 1. The lowest BCUT2D eigenvalue weighted by atomic mass is 9.86. The molecule has 1 aromatic heterocycles. The third kappa shape index (κ3) is 4.41. The van der Waals surface area contributed by atoms with E-state index in [4.69, 9.17) is 17.3 Å². The quantitative estimate of drug-likeness (QED) is 0.192. The van der Waals surface area contributed by atoms with Crippen LogP contribution in [0.1, 0.15) is 24.1 Å². The van der Waals surface area contributed by atoms with Crippen LogP contribution in [0.15, 0.2) is 46.1 Å². The van der Waals surface area contributed by atoms with Gasteiger partial charge in [-0.1, -0.05) is 58.4 Å². The van der Waals surface area contributed by atoms with Gasteiger partial charge in [-0.2, -0.15) is 0 Å². The van der Waals surface area contributed by atoms with Gasteiger partial charge >= 0.3 is 5.97 Å². The fourth-order valence-corrected chi connectivity index (χ4v) is 5.83. The maximum atomic E-state index is 12.8. The number of thioether (sulfide) groups is 1. The number of halogens is 1. The van der Waals surface area contributed by atoms with Gasteiger partial charge in [0.25, 0.3) is 11.8 Å². The van der Waals surface area contributed by atoms with Gasteiger partial charge in [-0.3, -0.25) is 14.5 Å². The Morgan fingerprint density at radius 1 is 1.36 bits per heavy atom. The van der Waals surface area contributed by atoms with Crippen molar-refractivity contribution in [2.24, 2.45) is 5.16 Å². The van der Waals surface area contributed by atoms with Crippen LogP contribution < -0.4 is 11.1 Å². The number of nitrogens with one attached hydrogen (secondary N) is 1. The fourth-order valence-electron chi connectivity index (χ4n) is 3.79. The van der Waals surface area contributed by atoms with Crippen LogP contribution in [0.2, 0.25) is 4.34 Å². The summed E-state index contributed by atoms with van der Waals surface area (Å²) in [5, 5.41) is 24.6. The number of hydrogen-bond donors (Lipinski definition) is 4. The van der Waals surface area contributed by atoms with Gasteiger partial charge in [0, 0.05) is 10.7 Å². The molecule has 13 heteroatoms. The van der Waals surface area contributed by atoms with Crippen molar-refractivity contribution >= 4 is 63.3 Å². The number of carbonyl (C=O) groups is 3. The first-order valence-electron chi connectivity index (χ1n) is 9.73. The molecule has 0 bridgehead atoms. The maximum absolute atomic E-state index is 12.8. The standard InChI is InChI=1S/C20H18ClN5O5S2/c21-16-13(24-20(22)33-16)14(25-31)17(27)23-12-10-6-7-11(15(19(29)30)26(10)18(12)28)32-8-9-4-2-1-3-5-9/h1-5,10,12,31H,6-8H2,(H2,22,24)(H,23,27)(H,29,30)/t10-,12+/m1/s1. The Balaban J connectivity index is 1.49. The van der Waals surface area contributed by atoms with Crippen molar-refractivity contribution in [3.8, 4) is 0 Å². The summed E-state index contributed by atoms with van der Waals surface area (Å²) in [7, 11) is 0. The Morgan fingerprint density at radius 2 is 2.09 bits per heavy atom. The van der Waals surface area contributed by atoms with Crippen LogP contribution in [0, 0.1) is 0 Å². The Labute approximate surface area is 201 Å². The maximum Gasteiger partial charge on any atom is 0.353 e. The number of aromatic nitrogens is 1. The number of amides is 2. The number of nitrogens with zero attached hydrogens (tertiary/aromatic N) is 3. The summed E-state index contributed by atoms with van der Waals surface area (Å²) in [5.74, 6) is -2.04. The normalized spacial score (nSPS) is 20.3. The topological polar surface area (TPSA) is 158 Å². The molecule has 5 N–H and O–H groups in total. The number of carbonyl (C=O) groups excluding carboxylic acids is 2. The highest BCUT2D eigenvalue weighted by molar-refractivity contribution is 8.02. The molecule has 2 aromatic rings. The molecule has 3 heterocycles. The number of thiazole rings is 1. The molecule has 2 aliphatic heterocycles. The number of anilines is 1. The number of aliphatic carboxylic acids is 1. The van der Waals surface area contributed by atoms with Gasteiger partial charge in [0.05, 0.1) is 6.04 Å². The molecule has 0 unspecified atom stereocenters. The van der Waals surface area contributed by atoms with E-state index in [1.54, 1.807) is 0 Å². The van der Waals surface area contributed by atoms with Crippen molar-refractivity contribution < 1.29 is 24.7 Å². The van der Waals surface area contributed by atoms with E-state index in [-0.39, 0.29) is 20.9 Å². The minimum absolute atomic E-state index is 0.0610. The molecule has 10 nitrogen and oxygen atoms in total. The number of nitrogen functional groups attached to an aromatic ring is 1. The van der Waals surface area contributed by atoms with Gasteiger partial charge in [-0.15, -0.1) is 11.8 Å². The smallest absolute Gasteiger partial charge is 0.353 e. The first-order chi connectivity index (χ1) is 15.8. The van der Waals surface area contributed by atoms with E-state index in [1.807, 2.05) is 30.3 Å². The molecular formula is C20H18ClN5O5S2. The molecule has 33 heavy (non-hydrogen) atoms. The average molecular weight is 508 g/mol. The molecule has 0 aliphatic carbocycles. The number of carboxylic acids is 1. The summed E-state index contributed by atoms with van der Waals surface area (Å²) < 4.78 is 0.0610. The van der Waals surface area contributed by atoms with Crippen molar-refractivity contribution in [2.75, 3.05) is 5.73 Å². The van der Waals surface area contributed by atoms with Crippen LogP contribution in [-0.4, -0.2) is 55.8 Å². The molecule has 0 spiro atoms. The van der Waals surface area contributed by atoms with Crippen LogP contribution in [0.3, 0.4) is 0 Å². The Bertz CT molecular complexity index is 1180. The summed E-state index contributed by atoms with van der Waals surface area (Å²) >= 11 is 8.28. The van der Waals surface area contributed by atoms with E-state index in [0.717, 1.165) is 16.9 Å². The second-order valence-corrected chi connectivity index (χ2v) is 9.94. The van der Waals surface area contributed by atoms with E-state index in [2.05, 4.69) is 15.5 Å². The summed E-state index contributed by atoms with van der Waals surface area (Å²) in [6, 6.07) is 8.12. The zero-order valence-corrected chi connectivity index (χ0v) is 19.3. The number of nitrogens with two attached hydrogens (primary N) is 1. The largest absolute Gasteiger partial charge is 0.477 e. The molecule has 0 radical (unpaired) electrons. The van der Waals surface area contributed by atoms with Gasteiger partial charge in [0.15, 0.2) is 10.8 Å². The van der Waals surface area contributed by atoms with Gasteiger partial charge in [-0.05, 0) is 18.4 Å². The van der Waals surface area contributed by atoms with Gasteiger partial charge < -0.3 is 21.4 Å². The van der Waals surface area contributed by atoms with Gasteiger partial charge in [-0.25, -0.2) is 9.78 Å². The summed E-state index contributed by atoms with van der Waals surface area (Å²) in [6.07, 6.45) is 0.927. The predicted octanol–water partition coefficient (Wildman–Crippen LogP) is 2.28. The Hall–Kier alpha value is -3.09. The van der Waals surface area contributed by atoms with E-state index in [1.165, 1.54) is 16.7 Å². The Kier molecular flexibility index (Phi) is 6.58. The molecule has 4 rings (SSSR count). The lowest BCUT2D eigenvalue weighted by Crippen LogP contribution is -2.72. The third-order valence-corrected chi connectivity index (χ3v) is 7.59. The van der Waals surface area contributed by atoms with Crippen LogP contribution in [0.4, 0.5) is 5.13 Å². The molecule has 172 valence electrons. The minimum Gasteiger partial charge on any atom is -0.477 e. The highest BCUT2D eigenvalue weighted by Gasteiger charge is 2.53. The molecule has 1 fully saturated rings. The van der Waals surface area contributed by atoms with Crippen molar-refractivity contribution in [3.63, 3.8) is 0 Å². The second-order valence-electron chi connectivity index (χ2n) is 7.24. The van der Waals surface area contributed by atoms with E-state index in [0.29, 0.717) is 23.5 Å². The second kappa shape index (κ2) is 9.41. The SMILES string of the molecule is Nc1nc(C(=NO)C(=O)N[C@@H]2C(=O)N3C(C(=O)O)=C(SCc4ccccc4)CC[C@H]23)c(Cl)s1. The number of rotatable bonds is 7. The Morgan fingerprint density at radius 3 is 2.70 bits per heavy atom. The summed E-state index contributed by atoms with van der Waals surface area (Å²) in [4.78, 5) is 43.2. The fraction of sp³-hybridized carbons (Fsp3) is 0.250. The first-order valence-corrected chi connectivity index (χ1v) is 11.9. The number of oxime groups is 1. The highest BCUT2D eigenvalue weighted by atomic mass is 35.5. The third-order valence-electron chi connectivity index (χ3n) is 5.28. The highest BCUT2D eigenvalue weighted by Crippen LogP contribution is 2.41. The number of benzene rings is 1. The van der Waals surface area contributed by atoms with Crippen LogP contribution in [0.5, 0.6) is 0 Å². The summed E-state index contributed by atoms with van der Waals surface area (Å²) in [5.41, 5.74) is 5.97. The van der Waals surface area contributed by atoms with Crippen LogP contribution in [-0.2, 0) is 20.1 Å². The van der Waals surface area contributed by atoms with E-state index in [9.17, 15) is 24.7 Å². The molecule has 2 aliphatic rings. The van der Waals surface area contributed by atoms with Crippen molar-refractivity contribution in [1.82, 2.24) is 15.2 Å². The number of β-lactam (4-membered cyclic amide) rings is 1. The monoisotopic (exact) mass is 507 g/mol. The number of allylic oxidation sites excluding steroid dienone is 1. The molecule has 0 saturated carbocycles. The first kappa shape index (κ1) is 23.1. The predicted molar refractivity (Wildman–Crippen MR) is 124 cm³/mol. The van der Waals surface area contributed by atoms with Crippen molar-refractivity contribution in [1.29, 1.82) is 0 Å². The molecule has 1 saturated heterocycles. The van der Waals surface area contributed by atoms with Gasteiger partial charge in [0.1, 0.15) is 21.8 Å². The van der Waals surface area contributed by atoms with Gasteiger partial charge in [0.2, 0.25) is 0 Å². The average Bonchev–Trinajstić information content (AvgIpc) is 3.13. The number of carboxylic acid groups (broad SMARTS) is 1. The van der Waals surface area contributed by atoms with E-state index < -0.39 is 35.6 Å². The molecule has 1 aromatic carbocycles. The van der Waals surface area contributed by atoms with Crippen LogP contribution >= 0.6 is 34.7 Å². The number of hydrogen-bond acceptors (Lipinski definition) is 9. The lowest BCUT2D eigenvalue weighted by molar-refractivity contribution is -0.155. The zero-order valence-electron chi connectivity index (χ0n) is 16.9. The zero-order chi connectivity index (χ0) is 23.7. The molecular weight excluding hydrogens is 490 g/mol. The molecule has 2 amide bonds. The van der Waals surface area contributed by atoms with Crippen molar-refractivity contribution in [3.05, 3.63) is 56.5 Å².